The van der Waals surface area contributed by atoms with Crippen LogP contribution in [-0.4, -0.2) is 90.3 Å². The molecule has 3 aliphatic heterocycles. The molecule has 4 fully saturated rings. The fraction of sp³-hybridized carbons (Fsp3) is 0.543. The molecule has 4 heterocycles. The van der Waals surface area contributed by atoms with Gasteiger partial charge in [0, 0.05) is 73.8 Å². The molecule has 5 aliphatic rings. The Morgan fingerprint density at radius 2 is 1.70 bits per heavy atom. The van der Waals surface area contributed by atoms with E-state index in [9.17, 15) is 23.1 Å². The Labute approximate surface area is 270 Å². The summed E-state index contributed by atoms with van der Waals surface area (Å²) in [4.78, 5) is 32.7. The molecule has 2 aromatic carbocycles. The maximum absolute atomic E-state index is 14.9. The molecule has 2 amide bonds. The van der Waals surface area contributed by atoms with Crippen molar-refractivity contribution in [1.82, 2.24) is 23.4 Å². The van der Waals surface area contributed by atoms with E-state index in [2.05, 4.69) is 26.1 Å². The number of hydrogen-bond acceptors (Lipinski definition) is 6. The molecule has 2 bridgehead atoms. The van der Waals surface area contributed by atoms with Gasteiger partial charge in [0.05, 0.1) is 11.1 Å². The number of fused-ring (bicyclic) bond motifs is 9. The summed E-state index contributed by atoms with van der Waals surface area (Å²) in [6.07, 6.45) is 8.42. The molecule has 1 aromatic heterocycles. The summed E-state index contributed by atoms with van der Waals surface area (Å²) in [6, 6.07) is 11.6. The van der Waals surface area contributed by atoms with Crippen LogP contribution in [0.2, 0.25) is 0 Å². The summed E-state index contributed by atoms with van der Waals surface area (Å²) < 4.78 is 30.5. The number of carbonyl (C=O) groups is 2. The van der Waals surface area contributed by atoms with Crippen molar-refractivity contribution in [3.8, 4) is 17.0 Å². The minimum absolute atomic E-state index is 0.00738. The highest BCUT2D eigenvalue weighted by molar-refractivity contribution is 7.87. The Balaban J connectivity index is 1.32. The van der Waals surface area contributed by atoms with Crippen LogP contribution in [0.5, 0.6) is 5.75 Å². The molecular weight excluding hydrogens is 602 g/mol. The van der Waals surface area contributed by atoms with E-state index in [1.54, 1.807) is 12.1 Å². The average Bonchev–Trinajstić information content (AvgIpc) is 3.61. The molecule has 2 saturated carbocycles. The third kappa shape index (κ3) is 4.52. The molecule has 2 N–H and O–H groups in total. The van der Waals surface area contributed by atoms with Crippen LogP contribution in [0.1, 0.15) is 84.7 Å². The number of phenols is 1. The van der Waals surface area contributed by atoms with Gasteiger partial charge in [0.1, 0.15) is 5.75 Å². The second-order valence-electron chi connectivity index (χ2n) is 14.6. The van der Waals surface area contributed by atoms with Gasteiger partial charge in [0.2, 0.25) is 5.91 Å². The first-order valence-corrected chi connectivity index (χ1v) is 18.2. The maximum atomic E-state index is 14.9. The summed E-state index contributed by atoms with van der Waals surface area (Å²) in [5.41, 5.74) is 4.87. The average molecular weight is 646 g/mol. The van der Waals surface area contributed by atoms with Crippen molar-refractivity contribution in [2.75, 3.05) is 34.2 Å². The van der Waals surface area contributed by atoms with Crippen LogP contribution >= 0.6 is 0 Å². The minimum Gasteiger partial charge on any atom is -0.508 e. The molecule has 0 spiro atoms. The van der Waals surface area contributed by atoms with Gasteiger partial charge >= 0.3 is 10.2 Å². The number of nitrogens with one attached hydrogen (secondary N) is 1. The van der Waals surface area contributed by atoms with E-state index in [0.717, 1.165) is 83.6 Å². The zero-order valence-corrected chi connectivity index (χ0v) is 27.6. The fourth-order valence-corrected chi connectivity index (χ4v) is 9.81. The van der Waals surface area contributed by atoms with Crippen LogP contribution in [0.25, 0.3) is 22.2 Å². The van der Waals surface area contributed by atoms with Gasteiger partial charge in [0.15, 0.2) is 0 Å². The quantitative estimate of drug-likeness (QED) is 0.426. The lowest BCUT2D eigenvalue weighted by molar-refractivity contribution is -0.143. The highest BCUT2D eigenvalue weighted by atomic mass is 32.2. The molecule has 4 unspecified atom stereocenters. The number of aromatic nitrogens is 1. The summed E-state index contributed by atoms with van der Waals surface area (Å²) in [5, 5.41) is 11.8. The van der Waals surface area contributed by atoms with Crippen LogP contribution in [0.4, 0.5) is 0 Å². The van der Waals surface area contributed by atoms with E-state index in [1.165, 1.54) is 26.1 Å². The van der Waals surface area contributed by atoms with E-state index in [-0.39, 0.29) is 35.2 Å². The van der Waals surface area contributed by atoms with Gasteiger partial charge in [-0.3, -0.25) is 9.59 Å². The van der Waals surface area contributed by atoms with Gasteiger partial charge in [-0.1, -0.05) is 25.3 Å². The first-order valence-electron chi connectivity index (χ1n) is 16.7. The Morgan fingerprint density at radius 1 is 0.978 bits per heavy atom. The number of amides is 2. The summed E-state index contributed by atoms with van der Waals surface area (Å²) in [5.74, 6) is 0.0572. The molecule has 4 atom stereocenters. The molecule has 11 heteroatoms. The monoisotopic (exact) mass is 645 g/mol. The Kier molecular flexibility index (Phi) is 6.87. The number of piperazine rings is 1. The SMILES string of the molecule is CN1CC2CCC(C1)N2C(=O)C12CC1c1cc(O)ccc1-c1c(C3CCCCC3)c3ccc(C(=O)NS(=O)(=O)N(C)C)cc3n1C2. The molecule has 10 nitrogen and oxygen atoms in total. The van der Waals surface area contributed by atoms with Crippen LogP contribution in [-0.2, 0) is 21.5 Å². The zero-order chi connectivity index (χ0) is 32.1. The summed E-state index contributed by atoms with van der Waals surface area (Å²) >= 11 is 0. The number of likely N-dealkylation sites (tertiary alicyclic amines) is 1. The third-order valence-electron chi connectivity index (χ3n) is 11.6. The molecule has 3 aromatic rings. The molecule has 2 saturated heterocycles. The lowest BCUT2D eigenvalue weighted by Gasteiger charge is -2.41. The van der Waals surface area contributed by atoms with E-state index in [4.69, 9.17) is 0 Å². The fourth-order valence-electron chi connectivity index (χ4n) is 9.27. The van der Waals surface area contributed by atoms with Crippen molar-refractivity contribution in [3.05, 3.63) is 53.1 Å². The van der Waals surface area contributed by atoms with Gasteiger partial charge in [-0.25, -0.2) is 4.72 Å². The Bertz CT molecular complexity index is 1870. The number of rotatable bonds is 5. The van der Waals surface area contributed by atoms with Crippen LogP contribution in [0.15, 0.2) is 36.4 Å². The van der Waals surface area contributed by atoms with E-state index < -0.39 is 21.5 Å². The smallest absolute Gasteiger partial charge is 0.303 e. The Hall–Kier alpha value is -3.41. The predicted molar refractivity (Wildman–Crippen MR) is 176 cm³/mol. The van der Waals surface area contributed by atoms with Crippen molar-refractivity contribution in [2.45, 2.75) is 81.8 Å². The summed E-state index contributed by atoms with van der Waals surface area (Å²) in [6.45, 7) is 2.26. The molecular formula is C35H43N5O5S. The largest absolute Gasteiger partial charge is 0.508 e. The van der Waals surface area contributed by atoms with Crippen molar-refractivity contribution < 1.29 is 23.1 Å². The first kappa shape index (κ1) is 30.0. The number of phenolic OH excluding ortho intramolecular Hbond substituents is 1. The van der Waals surface area contributed by atoms with Crippen LogP contribution < -0.4 is 4.72 Å². The molecule has 2 aliphatic carbocycles. The normalized spacial score (nSPS) is 27.7. The molecule has 46 heavy (non-hydrogen) atoms. The molecule has 8 rings (SSSR count). The molecule has 0 radical (unpaired) electrons. The standard InChI is InChI=1S/C35H43N5O5S/c1-37(2)46(44,45)36-33(42)22-9-13-27-30(15-22)39-20-35(34(43)40-23-10-11-24(40)19-38(3)18-23)17-29(35)28-16-25(41)12-14-26(28)32(39)31(27)21-7-5-4-6-8-21/h9,12-16,21,23-24,29,41H,4-8,10-11,17-20H2,1-3H3,(H,36,42). The Morgan fingerprint density at radius 3 is 2.39 bits per heavy atom. The van der Waals surface area contributed by atoms with Gasteiger partial charge in [0.25, 0.3) is 5.91 Å². The number of likely N-dealkylation sites (N-methyl/N-ethyl adjacent to an activating group) is 1. The first-order chi connectivity index (χ1) is 22.0. The van der Waals surface area contributed by atoms with Gasteiger partial charge in [-0.15, -0.1) is 0 Å². The van der Waals surface area contributed by atoms with E-state index >= 15 is 0 Å². The number of carbonyl (C=O) groups excluding carboxylic acids is 2. The second kappa shape index (κ2) is 10.6. The molecule has 244 valence electrons. The van der Waals surface area contributed by atoms with Crippen molar-refractivity contribution in [2.24, 2.45) is 5.41 Å². The number of nitrogens with zero attached hydrogens (tertiary/aromatic N) is 4. The van der Waals surface area contributed by atoms with Crippen LogP contribution in [0.3, 0.4) is 0 Å². The van der Waals surface area contributed by atoms with E-state index in [0.29, 0.717) is 18.9 Å². The lowest BCUT2D eigenvalue weighted by Crippen LogP contribution is -2.57. The van der Waals surface area contributed by atoms with E-state index in [1.807, 2.05) is 24.3 Å². The lowest BCUT2D eigenvalue weighted by atomic mass is 9.81. The zero-order valence-electron chi connectivity index (χ0n) is 26.8. The van der Waals surface area contributed by atoms with Crippen molar-refractivity contribution >= 4 is 32.9 Å². The number of hydrogen-bond donors (Lipinski definition) is 2. The second-order valence-corrected chi connectivity index (χ2v) is 16.5. The van der Waals surface area contributed by atoms with Gasteiger partial charge in [-0.05, 0) is 86.5 Å². The number of benzene rings is 2. The highest BCUT2D eigenvalue weighted by Gasteiger charge is 2.65. The maximum Gasteiger partial charge on any atom is 0.303 e. The predicted octanol–water partition coefficient (Wildman–Crippen LogP) is 4.39. The summed E-state index contributed by atoms with van der Waals surface area (Å²) in [7, 11) is 0.928. The third-order valence-corrected chi connectivity index (χ3v) is 13.0. The van der Waals surface area contributed by atoms with Gasteiger partial charge < -0.3 is 19.5 Å². The topological polar surface area (TPSA) is 115 Å². The number of aromatic hydroxyl groups is 1. The van der Waals surface area contributed by atoms with Crippen LogP contribution in [0, 0.1) is 5.41 Å². The van der Waals surface area contributed by atoms with Crippen molar-refractivity contribution in [1.29, 1.82) is 0 Å². The minimum atomic E-state index is -3.97. The van der Waals surface area contributed by atoms with Crippen molar-refractivity contribution in [3.63, 3.8) is 0 Å². The van der Waals surface area contributed by atoms with Gasteiger partial charge in [-0.2, -0.15) is 12.7 Å². The highest BCUT2D eigenvalue weighted by Crippen LogP contribution is 2.66.